The van der Waals surface area contributed by atoms with E-state index in [1.807, 2.05) is 23.1 Å². The van der Waals surface area contributed by atoms with Crippen LogP contribution in [0.3, 0.4) is 0 Å². The smallest absolute Gasteiger partial charge is 0.223 e. The lowest BCUT2D eigenvalue weighted by molar-refractivity contribution is -0.131. The van der Waals surface area contributed by atoms with Crippen molar-refractivity contribution < 1.29 is 4.79 Å². The van der Waals surface area contributed by atoms with E-state index in [0.29, 0.717) is 24.9 Å². The number of amides is 1. The summed E-state index contributed by atoms with van der Waals surface area (Å²) in [5.74, 6) is 0.783. The summed E-state index contributed by atoms with van der Waals surface area (Å²) in [5.41, 5.74) is 1.22. The zero-order valence-corrected chi connectivity index (χ0v) is 10.7. The molecule has 1 saturated carbocycles. The third-order valence-electron chi connectivity index (χ3n) is 3.10. The van der Waals surface area contributed by atoms with Crippen LogP contribution in [0, 0.1) is 0 Å². The molecule has 0 atom stereocenters. The van der Waals surface area contributed by atoms with Gasteiger partial charge in [0, 0.05) is 24.9 Å². The molecular formula is C14H18ClNO. The molecule has 0 aromatic heterocycles. The predicted molar refractivity (Wildman–Crippen MR) is 70.2 cm³/mol. The Kier molecular flexibility index (Phi) is 4.43. The quantitative estimate of drug-likeness (QED) is 0.712. The van der Waals surface area contributed by atoms with Crippen LogP contribution >= 0.6 is 11.6 Å². The van der Waals surface area contributed by atoms with Crippen LogP contribution in [-0.2, 0) is 11.2 Å². The van der Waals surface area contributed by atoms with E-state index in [1.54, 1.807) is 0 Å². The number of nitrogens with zero attached hydrogens (tertiary/aromatic N) is 1. The Morgan fingerprint density at radius 3 is 2.59 bits per heavy atom. The molecule has 2 rings (SSSR count). The van der Waals surface area contributed by atoms with Gasteiger partial charge in [-0.25, -0.2) is 0 Å². The van der Waals surface area contributed by atoms with E-state index in [4.69, 9.17) is 11.6 Å². The highest BCUT2D eigenvalue weighted by atomic mass is 35.5. The van der Waals surface area contributed by atoms with Crippen molar-refractivity contribution in [1.29, 1.82) is 0 Å². The number of aryl methyl sites for hydroxylation is 1. The van der Waals surface area contributed by atoms with Crippen molar-refractivity contribution in [1.82, 2.24) is 4.90 Å². The average Bonchev–Trinajstić information content (AvgIpc) is 3.18. The first-order valence-electron chi connectivity index (χ1n) is 6.20. The summed E-state index contributed by atoms with van der Waals surface area (Å²) in [7, 11) is 0. The van der Waals surface area contributed by atoms with Crippen molar-refractivity contribution in [3.63, 3.8) is 0 Å². The molecule has 0 unspecified atom stereocenters. The molecule has 1 fully saturated rings. The van der Waals surface area contributed by atoms with Crippen molar-refractivity contribution in [3.8, 4) is 0 Å². The molecule has 1 aliphatic carbocycles. The maximum Gasteiger partial charge on any atom is 0.223 e. The van der Waals surface area contributed by atoms with Crippen molar-refractivity contribution in [3.05, 3.63) is 35.9 Å². The van der Waals surface area contributed by atoms with Crippen LogP contribution in [0.15, 0.2) is 30.3 Å². The monoisotopic (exact) mass is 251 g/mol. The van der Waals surface area contributed by atoms with Gasteiger partial charge in [-0.2, -0.15) is 0 Å². The fourth-order valence-electron chi connectivity index (χ4n) is 2.03. The lowest BCUT2D eigenvalue weighted by Crippen LogP contribution is -2.34. The van der Waals surface area contributed by atoms with Gasteiger partial charge in [-0.05, 0) is 24.8 Å². The molecule has 0 bridgehead atoms. The Labute approximate surface area is 108 Å². The summed E-state index contributed by atoms with van der Waals surface area (Å²) in [5, 5.41) is 0. The molecule has 17 heavy (non-hydrogen) atoms. The SMILES string of the molecule is O=C(CCc1ccccc1)N(CCCl)C1CC1. The highest BCUT2D eigenvalue weighted by Crippen LogP contribution is 2.27. The van der Waals surface area contributed by atoms with Crippen molar-refractivity contribution in [2.45, 2.75) is 31.7 Å². The molecule has 92 valence electrons. The van der Waals surface area contributed by atoms with E-state index in [-0.39, 0.29) is 5.91 Å². The van der Waals surface area contributed by atoms with Crippen molar-refractivity contribution >= 4 is 17.5 Å². The van der Waals surface area contributed by atoms with Gasteiger partial charge in [-0.15, -0.1) is 11.6 Å². The minimum Gasteiger partial charge on any atom is -0.339 e. The first-order chi connectivity index (χ1) is 8.31. The predicted octanol–water partition coefficient (Wildman–Crippen LogP) is 2.85. The lowest BCUT2D eigenvalue weighted by Gasteiger charge is -2.21. The summed E-state index contributed by atoms with van der Waals surface area (Å²) >= 11 is 5.74. The Morgan fingerprint density at radius 1 is 1.29 bits per heavy atom. The Balaban J connectivity index is 1.83. The van der Waals surface area contributed by atoms with Crippen LogP contribution in [0.2, 0.25) is 0 Å². The Morgan fingerprint density at radius 2 is 2.00 bits per heavy atom. The maximum atomic E-state index is 12.1. The van der Waals surface area contributed by atoms with Crippen LogP contribution < -0.4 is 0 Å². The summed E-state index contributed by atoms with van der Waals surface area (Å²) < 4.78 is 0. The minimum atomic E-state index is 0.247. The van der Waals surface area contributed by atoms with Gasteiger partial charge in [0.25, 0.3) is 0 Å². The zero-order chi connectivity index (χ0) is 12.1. The normalized spacial score (nSPS) is 14.6. The third-order valence-corrected chi connectivity index (χ3v) is 3.27. The van der Waals surface area contributed by atoms with E-state index in [2.05, 4.69) is 12.1 Å². The van der Waals surface area contributed by atoms with Gasteiger partial charge in [0.2, 0.25) is 5.91 Å². The third kappa shape index (κ3) is 3.74. The number of carbonyl (C=O) groups excluding carboxylic acids is 1. The largest absolute Gasteiger partial charge is 0.339 e. The van der Waals surface area contributed by atoms with Crippen LogP contribution in [0.1, 0.15) is 24.8 Å². The summed E-state index contributed by atoms with van der Waals surface area (Å²) in [6.45, 7) is 0.694. The second-order valence-corrected chi connectivity index (χ2v) is 4.87. The first kappa shape index (κ1) is 12.4. The summed E-state index contributed by atoms with van der Waals surface area (Å²) in [6.07, 6.45) is 3.71. The number of benzene rings is 1. The number of halogens is 1. The Bertz CT molecular complexity index is 362. The van der Waals surface area contributed by atoms with E-state index in [1.165, 1.54) is 5.56 Å². The second-order valence-electron chi connectivity index (χ2n) is 4.49. The van der Waals surface area contributed by atoms with Gasteiger partial charge in [0.15, 0.2) is 0 Å². The van der Waals surface area contributed by atoms with Gasteiger partial charge >= 0.3 is 0 Å². The number of hydrogen-bond acceptors (Lipinski definition) is 1. The van der Waals surface area contributed by atoms with E-state index in [9.17, 15) is 4.79 Å². The fourth-order valence-corrected chi connectivity index (χ4v) is 2.21. The molecule has 0 saturated heterocycles. The number of carbonyl (C=O) groups is 1. The van der Waals surface area contributed by atoms with Crippen LogP contribution in [0.5, 0.6) is 0 Å². The average molecular weight is 252 g/mol. The minimum absolute atomic E-state index is 0.247. The molecule has 0 radical (unpaired) electrons. The van der Waals surface area contributed by atoms with Crippen LogP contribution in [0.25, 0.3) is 0 Å². The number of alkyl halides is 1. The van der Waals surface area contributed by atoms with Crippen molar-refractivity contribution in [2.24, 2.45) is 0 Å². The Hall–Kier alpha value is -1.02. The molecule has 0 spiro atoms. The van der Waals surface area contributed by atoms with Gasteiger partial charge in [-0.1, -0.05) is 30.3 Å². The lowest BCUT2D eigenvalue weighted by atomic mass is 10.1. The number of hydrogen-bond donors (Lipinski definition) is 0. The summed E-state index contributed by atoms with van der Waals surface area (Å²) in [4.78, 5) is 14.0. The van der Waals surface area contributed by atoms with Gasteiger partial charge < -0.3 is 4.90 Å². The molecule has 2 nitrogen and oxygen atoms in total. The highest BCUT2D eigenvalue weighted by Gasteiger charge is 2.31. The molecule has 0 heterocycles. The molecule has 1 amide bonds. The van der Waals surface area contributed by atoms with Gasteiger partial charge in [0.05, 0.1) is 0 Å². The maximum absolute atomic E-state index is 12.1. The molecule has 1 aromatic carbocycles. The highest BCUT2D eigenvalue weighted by molar-refractivity contribution is 6.18. The van der Waals surface area contributed by atoms with Crippen LogP contribution in [-0.4, -0.2) is 29.3 Å². The van der Waals surface area contributed by atoms with E-state index < -0.39 is 0 Å². The first-order valence-corrected chi connectivity index (χ1v) is 6.74. The molecule has 0 N–H and O–H groups in total. The van der Waals surface area contributed by atoms with Crippen LogP contribution in [0.4, 0.5) is 0 Å². The topological polar surface area (TPSA) is 20.3 Å². The second kappa shape index (κ2) is 6.06. The zero-order valence-electron chi connectivity index (χ0n) is 9.94. The molecule has 1 aromatic rings. The standard InChI is InChI=1S/C14H18ClNO/c15-10-11-16(13-7-8-13)14(17)9-6-12-4-2-1-3-5-12/h1-5,13H,6-11H2. The fraction of sp³-hybridized carbons (Fsp3) is 0.500. The molecular weight excluding hydrogens is 234 g/mol. The van der Waals surface area contributed by atoms with Gasteiger partial charge in [0.1, 0.15) is 0 Å². The molecule has 1 aliphatic rings. The number of rotatable bonds is 6. The van der Waals surface area contributed by atoms with E-state index in [0.717, 1.165) is 19.3 Å². The molecule has 3 heteroatoms. The van der Waals surface area contributed by atoms with Gasteiger partial charge in [-0.3, -0.25) is 4.79 Å². The van der Waals surface area contributed by atoms with E-state index >= 15 is 0 Å². The van der Waals surface area contributed by atoms with Crippen molar-refractivity contribution in [2.75, 3.05) is 12.4 Å². The molecule has 0 aliphatic heterocycles. The summed E-state index contributed by atoms with van der Waals surface area (Å²) in [6, 6.07) is 10.6.